The standard InChI is InChI=1S/C13H15F2N3O2/c1-13(2)11(19)18(12(20)17-13)6-9(16)10-7(14)4-3-5-8(10)15/h3-5,9H,6,16H2,1-2H3,(H,17,20). The van der Waals surface area contributed by atoms with Gasteiger partial charge in [0, 0.05) is 5.56 Å². The lowest BCUT2D eigenvalue weighted by Gasteiger charge is -2.20. The molecule has 1 fully saturated rings. The third-order valence-electron chi connectivity index (χ3n) is 3.19. The number of imide groups is 1. The van der Waals surface area contributed by atoms with Crippen LogP contribution < -0.4 is 11.1 Å². The second kappa shape index (κ2) is 4.82. The molecule has 1 saturated heterocycles. The van der Waals surface area contributed by atoms with E-state index in [4.69, 9.17) is 5.73 Å². The van der Waals surface area contributed by atoms with Crippen LogP contribution in [-0.4, -0.2) is 28.9 Å². The van der Waals surface area contributed by atoms with Gasteiger partial charge in [0.15, 0.2) is 0 Å². The minimum atomic E-state index is -1.13. The van der Waals surface area contributed by atoms with Gasteiger partial charge in [-0.15, -0.1) is 0 Å². The number of nitrogens with two attached hydrogens (primary N) is 1. The second-order valence-corrected chi connectivity index (χ2v) is 5.21. The van der Waals surface area contributed by atoms with E-state index in [0.717, 1.165) is 17.0 Å². The van der Waals surface area contributed by atoms with Gasteiger partial charge in [0.25, 0.3) is 5.91 Å². The molecule has 1 aliphatic heterocycles. The Labute approximate surface area is 114 Å². The lowest BCUT2D eigenvalue weighted by molar-refractivity contribution is -0.130. The van der Waals surface area contributed by atoms with Gasteiger partial charge in [-0.05, 0) is 26.0 Å². The van der Waals surface area contributed by atoms with E-state index in [0.29, 0.717) is 0 Å². The van der Waals surface area contributed by atoms with Gasteiger partial charge >= 0.3 is 6.03 Å². The number of nitrogens with zero attached hydrogens (tertiary/aromatic N) is 1. The van der Waals surface area contributed by atoms with Crippen molar-refractivity contribution in [3.8, 4) is 0 Å². The summed E-state index contributed by atoms with van der Waals surface area (Å²) in [5.74, 6) is -2.08. The first-order valence-electron chi connectivity index (χ1n) is 6.07. The van der Waals surface area contributed by atoms with Crippen LogP contribution in [0.25, 0.3) is 0 Å². The van der Waals surface area contributed by atoms with E-state index in [9.17, 15) is 18.4 Å². The van der Waals surface area contributed by atoms with Gasteiger partial charge in [-0.2, -0.15) is 0 Å². The fraction of sp³-hybridized carbons (Fsp3) is 0.385. The zero-order valence-electron chi connectivity index (χ0n) is 11.1. The van der Waals surface area contributed by atoms with Crippen LogP contribution in [0, 0.1) is 11.6 Å². The molecule has 0 bridgehead atoms. The molecule has 2 rings (SSSR count). The first-order valence-corrected chi connectivity index (χ1v) is 6.07. The van der Waals surface area contributed by atoms with Gasteiger partial charge in [0.2, 0.25) is 0 Å². The Kier molecular flexibility index (Phi) is 3.47. The third-order valence-corrected chi connectivity index (χ3v) is 3.19. The molecule has 0 saturated carbocycles. The zero-order valence-corrected chi connectivity index (χ0v) is 11.1. The molecule has 108 valence electrons. The summed E-state index contributed by atoms with van der Waals surface area (Å²) in [5.41, 5.74) is 4.36. The van der Waals surface area contributed by atoms with E-state index in [-0.39, 0.29) is 12.1 Å². The lowest BCUT2D eigenvalue weighted by atomic mass is 10.0. The maximum atomic E-state index is 13.6. The van der Waals surface area contributed by atoms with Crippen LogP contribution in [0.3, 0.4) is 0 Å². The number of hydrogen-bond donors (Lipinski definition) is 2. The fourth-order valence-corrected chi connectivity index (χ4v) is 2.14. The second-order valence-electron chi connectivity index (χ2n) is 5.21. The van der Waals surface area contributed by atoms with Crippen molar-refractivity contribution in [3.63, 3.8) is 0 Å². The van der Waals surface area contributed by atoms with Crippen molar-refractivity contribution in [1.82, 2.24) is 10.2 Å². The van der Waals surface area contributed by atoms with Gasteiger partial charge in [-0.1, -0.05) is 6.07 Å². The quantitative estimate of drug-likeness (QED) is 0.821. The molecule has 20 heavy (non-hydrogen) atoms. The first kappa shape index (κ1) is 14.4. The molecular weight excluding hydrogens is 268 g/mol. The summed E-state index contributed by atoms with van der Waals surface area (Å²) in [5, 5.41) is 2.47. The van der Waals surface area contributed by atoms with Crippen LogP contribution in [0.1, 0.15) is 25.5 Å². The van der Waals surface area contributed by atoms with Gasteiger partial charge in [0.1, 0.15) is 17.2 Å². The summed E-state index contributed by atoms with van der Waals surface area (Å²) in [6.07, 6.45) is 0. The molecule has 7 heteroatoms. The SMILES string of the molecule is CC1(C)NC(=O)N(CC(N)c2c(F)cccc2F)C1=O. The lowest BCUT2D eigenvalue weighted by Crippen LogP contribution is -2.41. The van der Waals surface area contributed by atoms with E-state index < -0.39 is 35.2 Å². The maximum Gasteiger partial charge on any atom is 0.325 e. The van der Waals surface area contributed by atoms with Crippen LogP contribution in [0.15, 0.2) is 18.2 Å². The van der Waals surface area contributed by atoms with E-state index in [1.54, 1.807) is 13.8 Å². The predicted molar refractivity (Wildman–Crippen MR) is 67.6 cm³/mol. The van der Waals surface area contributed by atoms with Crippen molar-refractivity contribution in [3.05, 3.63) is 35.4 Å². The molecule has 1 aromatic carbocycles. The van der Waals surface area contributed by atoms with Crippen molar-refractivity contribution in [2.75, 3.05) is 6.54 Å². The molecule has 0 aliphatic carbocycles. The smallest absolute Gasteiger partial charge is 0.324 e. The average molecular weight is 283 g/mol. The maximum absolute atomic E-state index is 13.6. The summed E-state index contributed by atoms with van der Waals surface area (Å²) < 4.78 is 27.2. The summed E-state index contributed by atoms with van der Waals surface area (Å²) in [7, 11) is 0. The molecule has 3 amide bonds. The zero-order chi connectivity index (χ0) is 15.1. The van der Waals surface area contributed by atoms with Crippen molar-refractivity contribution in [2.45, 2.75) is 25.4 Å². The van der Waals surface area contributed by atoms with Crippen LogP contribution in [0.4, 0.5) is 13.6 Å². The number of nitrogens with one attached hydrogen (secondary N) is 1. The highest BCUT2D eigenvalue weighted by molar-refractivity contribution is 6.06. The van der Waals surface area contributed by atoms with Crippen molar-refractivity contribution in [2.24, 2.45) is 5.73 Å². The van der Waals surface area contributed by atoms with Gasteiger partial charge in [-0.25, -0.2) is 13.6 Å². The van der Waals surface area contributed by atoms with Gasteiger partial charge in [-0.3, -0.25) is 9.69 Å². The summed E-state index contributed by atoms with van der Waals surface area (Å²) in [6, 6.07) is 1.63. The van der Waals surface area contributed by atoms with Crippen LogP contribution >= 0.6 is 0 Å². The first-order chi connectivity index (χ1) is 9.24. The highest BCUT2D eigenvalue weighted by Gasteiger charge is 2.44. The molecule has 1 unspecified atom stereocenters. The molecule has 5 nitrogen and oxygen atoms in total. The monoisotopic (exact) mass is 283 g/mol. The van der Waals surface area contributed by atoms with Crippen molar-refractivity contribution < 1.29 is 18.4 Å². The molecule has 0 aromatic heterocycles. The minimum Gasteiger partial charge on any atom is -0.324 e. The highest BCUT2D eigenvalue weighted by Crippen LogP contribution is 2.23. The Morgan fingerprint density at radius 2 is 1.85 bits per heavy atom. The average Bonchev–Trinajstić information content (AvgIpc) is 2.51. The summed E-state index contributed by atoms with van der Waals surface area (Å²) in [4.78, 5) is 24.5. The van der Waals surface area contributed by atoms with E-state index in [2.05, 4.69) is 5.32 Å². The Morgan fingerprint density at radius 1 is 1.30 bits per heavy atom. The fourth-order valence-electron chi connectivity index (χ4n) is 2.14. The van der Waals surface area contributed by atoms with Gasteiger partial charge in [0.05, 0.1) is 12.6 Å². The van der Waals surface area contributed by atoms with E-state index in [1.807, 2.05) is 0 Å². The molecule has 0 radical (unpaired) electrons. The van der Waals surface area contributed by atoms with Crippen molar-refractivity contribution >= 4 is 11.9 Å². The normalized spacial score (nSPS) is 19.1. The van der Waals surface area contributed by atoms with E-state index >= 15 is 0 Å². The molecule has 1 heterocycles. The Morgan fingerprint density at radius 3 is 2.30 bits per heavy atom. The molecular formula is C13H15F2N3O2. The number of benzene rings is 1. The Balaban J connectivity index is 2.23. The number of carbonyl (C=O) groups excluding carboxylic acids is 2. The number of amides is 3. The predicted octanol–water partition coefficient (Wildman–Crippen LogP) is 1.30. The molecule has 3 N–H and O–H groups in total. The van der Waals surface area contributed by atoms with E-state index in [1.165, 1.54) is 6.07 Å². The molecule has 0 spiro atoms. The Bertz CT molecular complexity index is 554. The topological polar surface area (TPSA) is 75.4 Å². The number of rotatable bonds is 3. The van der Waals surface area contributed by atoms with Crippen LogP contribution in [0.2, 0.25) is 0 Å². The minimum absolute atomic E-state index is 0.286. The summed E-state index contributed by atoms with van der Waals surface area (Å²) >= 11 is 0. The van der Waals surface area contributed by atoms with Crippen molar-refractivity contribution in [1.29, 1.82) is 0 Å². The summed E-state index contributed by atoms with van der Waals surface area (Å²) in [6.45, 7) is 2.80. The van der Waals surface area contributed by atoms with Crippen LogP contribution in [0.5, 0.6) is 0 Å². The Hall–Kier alpha value is -2.02. The number of hydrogen-bond acceptors (Lipinski definition) is 3. The number of urea groups is 1. The largest absolute Gasteiger partial charge is 0.325 e. The molecule has 1 atom stereocenters. The highest BCUT2D eigenvalue weighted by atomic mass is 19.1. The molecule has 1 aromatic rings. The molecule has 1 aliphatic rings. The number of carbonyl (C=O) groups is 2. The number of halogens is 2. The third kappa shape index (κ3) is 2.36. The van der Waals surface area contributed by atoms with Crippen LogP contribution in [-0.2, 0) is 4.79 Å². The van der Waals surface area contributed by atoms with Gasteiger partial charge < -0.3 is 11.1 Å².